The number of nitrogens with zero attached hydrogens (tertiary/aromatic N) is 3. The van der Waals surface area contributed by atoms with Crippen LogP contribution in [0, 0.1) is 11.3 Å². The average molecular weight is 218 g/mol. The van der Waals surface area contributed by atoms with Gasteiger partial charge in [-0.3, -0.25) is 0 Å². The number of ether oxygens (including phenoxy) is 1. The Morgan fingerprint density at radius 3 is 2.94 bits per heavy atom. The summed E-state index contributed by atoms with van der Waals surface area (Å²) < 4.78 is 5.44. The third-order valence-corrected chi connectivity index (χ3v) is 2.63. The fourth-order valence-corrected chi connectivity index (χ4v) is 1.79. The monoisotopic (exact) mass is 218 g/mol. The van der Waals surface area contributed by atoms with Gasteiger partial charge in [0.05, 0.1) is 24.5 Å². The van der Waals surface area contributed by atoms with Crippen molar-refractivity contribution in [2.24, 2.45) is 0 Å². The molecule has 0 radical (unpaired) electrons. The molecule has 0 amide bonds. The first-order chi connectivity index (χ1) is 7.72. The Kier molecular flexibility index (Phi) is 3.02. The third-order valence-electron chi connectivity index (χ3n) is 2.63. The predicted octanol–water partition coefficient (Wildman–Crippen LogP) is 1.33. The van der Waals surface area contributed by atoms with Crippen LogP contribution in [0.25, 0.3) is 0 Å². The van der Waals surface area contributed by atoms with Crippen LogP contribution < -0.4 is 5.32 Å². The second-order valence-corrected chi connectivity index (χ2v) is 4.24. The van der Waals surface area contributed by atoms with Crippen LogP contribution in [0.1, 0.15) is 25.5 Å². The van der Waals surface area contributed by atoms with E-state index in [1.54, 1.807) is 6.20 Å². The normalized spacial score (nSPS) is 24.8. The highest BCUT2D eigenvalue weighted by atomic mass is 16.5. The molecule has 1 N–H and O–H groups in total. The molecule has 84 valence electrons. The molecule has 5 nitrogen and oxygen atoms in total. The van der Waals surface area contributed by atoms with Crippen LogP contribution in [-0.2, 0) is 4.74 Å². The number of hydrogen-bond donors (Lipinski definition) is 1. The van der Waals surface area contributed by atoms with Crippen LogP contribution in [0.15, 0.2) is 12.4 Å². The van der Waals surface area contributed by atoms with Crippen molar-refractivity contribution in [3.63, 3.8) is 0 Å². The lowest BCUT2D eigenvalue weighted by Crippen LogP contribution is -2.43. The largest absolute Gasteiger partial charge is 0.379 e. The molecule has 2 heterocycles. The lowest BCUT2D eigenvalue weighted by molar-refractivity contribution is 0.0539. The zero-order valence-corrected chi connectivity index (χ0v) is 9.23. The fraction of sp³-hybridized carbons (Fsp3) is 0.545. The van der Waals surface area contributed by atoms with Gasteiger partial charge < -0.3 is 10.1 Å². The molecule has 1 aliphatic heterocycles. The summed E-state index contributed by atoms with van der Waals surface area (Å²) in [5, 5.41) is 11.9. The molecule has 1 fully saturated rings. The minimum atomic E-state index is -0.0823. The van der Waals surface area contributed by atoms with Gasteiger partial charge in [-0.15, -0.1) is 0 Å². The van der Waals surface area contributed by atoms with Gasteiger partial charge in [-0.1, -0.05) is 0 Å². The van der Waals surface area contributed by atoms with E-state index in [2.05, 4.69) is 22.2 Å². The molecule has 1 aromatic rings. The highest BCUT2D eigenvalue weighted by Crippen LogP contribution is 2.22. The van der Waals surface area contributed by atoms with Crippen molar-refractivity contribution in [3.8, 4) is 6.07 Å². The van der Waals surface area contributed by atoms with E-state index in [1.807, 2.05) is 6.07 Å². The lowest BCUT2D eigenvalue weighted by atomic mass is 9.95. The Labute approximate surface area is 94.5 Å². The van der Waals surface area contributed by atoms with Gasteiger partial charge in [0.15, 0.2) is 5.69 Å². The van der Waals surface area contributed by atoms with Gasteiger partial charge >= 0.3 is 0 Å². The number of rotatable bonds is 2. The molecule has 1 unspecified atom stereocenters. The van der Waals surface area contributed by atoms with Crippen molar-refractivity contribution in [3.05, 3.63) is 18.1 Å². The van der Waals surface area contributed by atoms with Gasteiger partial charge in [0.2, 0.25) is 0 Å². The van der Waals surface area contributed by atoms with Gasteiger partial charge in [0.1, 0.15) is 11.9 Å². The quantitative estimate of drug-likeness (QED) is 0.810. The number of anilines is 1. The summed E-state index contributed by atoms with van der Waals surface area (Å²) in [5.41, 5.74) is 0.247. The minimum absolute atomic E-state index is 0.0823. The van der Waals surface area contributed by atoms with Crippen molar-refractivity contribution >= 4 is 5.82 Å². The average Bonchev–Trinajstić information content (AvgIpc) is 2.30. The van der Waals surface area contributed by atoms with Crippen LogP contribution in [0.2, 0.25) is 0 Å². The number of nitrogens with one attached hydrogen (secondary N) is 1. The Morgan fingerprint density at radius 1 is 1.50 bits per heavy atom. The molecule has 0 aliphatic carbocycles. The van der Waals surface area contributed by atoms with Gasteiger partial charge in [-0.05, 0) is 19.8 Å². The Balaban J connectivity index is 2.05. The summed E-state index contributed by atoms with van der Waals surface area (Å²) in [4.78, 5) is 8.10. The SMILES string of the molecule is CC1(Nc2cnc(C#N)cn2)CCCOC1. The van der Waals surface area contributed by atoms with E-state index in [-0.39, 0.29) is 5.54 Å². The maximum absolute atomic E-state index is 8.61. The van der Waals surface area contributed by atoms with Crippen molar-refractivity contribution in [1.82, 2.24) is 9.97 Å². The molecule has 0 aromatic carbocycles. The van der Waals surface area contributed by atoms with E-state index in [4.69, 9.17) is 10.00 Å². The summed E-state index contributed by atoms with van der Waals surface area (Å²) in [5.74, 6) is 0.687. The summed E-state index contributed by atoms with van der Waals surface area (Å²) in [6, 6.07) is 1.94. The van der Waals surface area contributed by atoms with Crippen molar-refractivity contribution in [1.29, 1.82) is 5.26 Å². The Bertz CT molecular complexity index is 389. The first kappa shape index (κ1) is 10.8. The molecule has 0 bridgehead atoms. The maximum Gasteiger partial charge on any atom is 0.158 e. The second kappa shape index (κ2) is 4.45. The molecule has 2 rings (SSSR count). The standard InChI is InChI=1S/C11H14N4O/c1-11(3-2-4-16-8-11)15-10-7-13-9(5-12)6-14-10/h6-7H,2-4,8H2,1H3,(H,14,15). The molecular weight excluding hydrogens is 204 g/mol. The molecule has 1 atom stereocenters. The summed E-state index contributed by atoms with van der Waals surface area (Å²) in [7, 11) is 0. The van der Waals surface area contributed by atoms with Gasteiger partial charge in [-0.25, -0.2) is 9.97 Å². The molecule has 5 heteroatoms. The predicted molar refractivity (Wildman–Crippen MR) is 58.8 cm³/mol. The summed E-state index contributed by atoms with van der Waals surface area (Å²) in [6.45, 7) is 3.61. The van der Waals surface area contributed by atoms with Crippen molar-refractivity contribution in [2.45, 2.75) is 25.3 Å². The molecular formula is C11H14N4O. The number of hydrogen-bond acceptors (Lipinski definition) is 5. The highest BCUT2D eigenvalue weighted by molar-refractivity contribution is 5.36. The van der Waals surface area contributed by atoms with Gasteiger partial charge in [0.25, 0.3) is 0 Å². The molecule has 16 heavy (non-hydrogen) atoms. The van der Waals surface area contributed by atoms with E-state index in [0.29, 0.717) is 18.1 Å². The van der Waals surface area contributed by atoms with Crippen LogP contribution in [0.3, 0.4) is 0 Å². The Hall–Kier alpha value is -1.67. The first-order valence-corrected chi connectivity index (χ1v) is 5.30. The van der Waals surface area contributed by atoms with Gasteiger partial charge in [-0.2, -0.15) is 5.26 Å². The first-order valence-electron chi connectivity index (χ1n) is 5.30. The van der Waals surface area contributed by atoms with Crippen LogP contribution in [0.5, 0.6) is 0 Å². The lowest BCUT2D eigenvalue weighted by Gasteiger charge is -2.34. The third kappa shape index (κ3) is 2.47. The van der Waals surface area contributed by atoms with E-state index in [0.717, 1.165) is 19.4 Å². The van der Waals surface area contributed by atoms with Crippen LogP contribution in [0.4, 0.5) is 5.82 Å². The minimum Gasteiger partial charge on any atom is -0.379 e. The van der Waals surface area contributed by atoms with Crippen LogP contribution >= 0.6 is 0 Å². The van der Waals surface area contributed by atoms with E-state index >= 15 is 0 Å². The van der Waals surface area contributed by atoms with Gasteiger partial charge in [0, 0.05) is 6.61 Å². The van der Waals surface area contributed by atoms with Crippen molar-refractivity contribution < 1.29 is 4.74 Å². The van der Waals surface area contributed by atoms with Crippen molar-refractivity contribution in [2.75, 3.05) is 18.5 Å². The molecule has 0 saturated carbocycles. The zero-order chi connectivity index (χ0) is 11.4. The van der Waals surface area contributed by atoms with E-state index in [9.17, 15) is 0 Å². The molecule has 1 saturated heterocycles. The highest BCUT2D eigenvalue weighted by Gasteiger charge is 2.27. The maximum atomic E-state index is 8.61. The molecule has 0 spiro atoms. The van der Waals surface area contributed by atoms with Crippen LogP contribution in [-0.4, -0.2) is 28.7 Å². The Morgan fingerprint density at radius 2 is 2.38 bits per heavy atom. The fourth-order valence-electron chi connectivity index (χ4n) is 1.79. The smallest absolute Gasteiger partial charge is 0.158 e. The van der Waals surface area contributed by atoms with E-state index < -0.39 is 0 Å². The molecule has 1 aromatic heterocycles. The van der Waals surface area contributed by atoms with E-state index in [1.165, 1.54) is 6.20 Å². The molecule has 1 aliphatic rings. The topological polar surface area (TPSA) is 70.8 Å². The zero-order valence-electron chi connectivity index (χ0n) is 9.23. The second-order valence-electron chi connectivity index (χ2n) is 4.24. The summed E-state index contributed by atoms with van der Waals surface area (Å²) in [6.07, 6.45) is 5.15. The number of aromatic nitrogens is 2. The number of nitriles is 1. The summed E-state index contributed by atoms with van der Waals surface area (Å²) >= 11 is 0.